The van der Waals surface area contributed by atoms with Gasteiger partial charge in [0.15, 0.2) is 0 Å². The largest absolute Gasteiger partial charge is 0.322 e. The number of amides is 1. The molecule has 1 amide bonds. The van der Waals surface area contributed by atoms with Crippen LogP contribution in [-0.4, -0.2) is 10.9 Å². The second-order valence-corrected chi connectivity index (χ2v) is 8.80. The summed E-state index contributed by atoms with van der Waals surface area (Å²) in [7, 11) is 0. The molecular weight excluding hydrogens is 388 g/mol. The van der Waals surface area contributed by atoms with Gasteiger partial charge >= 0.3 is 0 Å². The van der Waals surface area contributed by atoms with Gasteiger partial charge in [0, 0.05) is 27.3 Å². The fraction of sp³-hybridized carbons (Fsp3) is 0.154. The van der Waals surface area contributed by atoms with Crippen molar-refractivity contribution in [3.63, 3.8) is 0 Å². The molecule has 0 spiro atoms. The van der Waals surface area contributed by atoms with E-state index in [1.807, 2.05) is 66.7 Å². The minimum atomic E-state index is -0.103. The fourth-order valence-electron chi connectivity index (χ4n) is 3.30. The summed E-state index contributed by atoms with van der Waals surface area (Å²) in [5.74, 6) is 0.348. The molecule has 0 fully saturated rings. The van der Waals surface area contributed by atoms with Gasteiger partial charge in [0.1, 0.15) is 5.01 Å². The minimum absolute atomic E-state index is 0.103. The molecular formula is C26H24N2OS. The number of hydrogen-bond acceptors (Lipinski definition) is 3. The Labute approximate surface area is 181 Å². The highest BCUT2D eigenvalue weighted by molar-refractivity contribution is 7.15. The second-order valence-electron chi connectivity index (χ2n) is 7.60. The van der Waals surface area contributed by atoms with E-state index in [4.69, 9.17) is 4.98 Å². The number of aromatic nitrogens is 1. The van der Waals surface area contributed by atoms with E-state index < -0.39 is 0 Å². The molecule has 3 aromatic carbocycles. The van der Waals surface area contributed by atoms with Crippen molar-refractivity contribution in [3.8, 4) is 21.8 Å². The Morgan fingerprint density at radius 3 is 2.17 bits per heavy atom. The molecule has 0 aliphatic heterocycles. The summed E-state index contributed by atoms with van der Waals surface area (Å²) in [6, 6.07) is 25.9. The molecule has 1 aromatic heterocycles. The van der Waals surface area contributed by atoms with Crippen LogP contribution >= 0.6 is 11.3 Å². The van der Waals surface area contributed by atoms with Crippen LogP contribution in [0.15, 0.2) is 78.9 Å². The van der Waals surface area contributed by atoms with Crippen LogP contribution in [0.4, 0.5) is 5.69 Å². The van der Waals surface area contributed by atoms with Crippen molar-refractivity contribution < 1.29 is 4.79 Å². The highest BCUT2D eigenvalue weighted by Crippen LogP contribution is 2.33. The van der Waals surface area contributed by atoms with Crippen molar-refractivity contribution in [3.05, 3.63) is 94.9 Å². The molecule has 3 nitrogen and oxygen atoms in total. The maximum absolute atomic E-state index is 12.5. The van der Waals surface area contributed by atoms with E-state index in [9.17, 15) is 4.79 Å². The van der Waals surface area contributed by atoms with Gasteiger partial charge in [-0.15, -0.1) is 11.3 Å². The number of carbonyl (C=O) groups excluding carboxylic acids is 1. The molecule has 0 unspecified atom stereocenters. The van der Waals surface area contributed by atoms with Crippen LogP contribution in [0.5, 0.6) is 0 Å². The van der Waals surface area contributed by atoms with Crippen LogP contribution in [0.2, 0.25) is 0 Å². The van der Waals surface area contributed by atoms with Gasteiger partial charge < -0.3 is 5.32 Å². The summed E-state index contributed by atoms with van der Waals surface area (Å²) in [6.45, 7) is 6.38. The monoisotopic (exact) mass is 412 g/mol. The van der Waals surface area contributed by atoms with Crippen LogP contribution in [0.3, 0.4) is 0 Å². The molecule has 0 aliphatic carbocycles. The average Bonchev–Trinajstić information content (AvgIpc) is 3.16. The van der Waals surface area contributed by atoms with Gasteiger partial charge in [-0.3, -0.25) is 4.79 Å². The number of benzene rings is 3. The Bertz CT molecular complexity index is 1140. The number of carbonyl (C=O) groups is 1. The average molecular weight is 413 g/mol. The number of nitrogens with one attached hydrogen (secondary N) is 1. The van der Waals surface area contributed by atoms with Gasteiger partial charge in [0.25, 0.3) is 5.91 Å². The smallest absolute Gasteiger partial charge is 0.255 e. The van der Waals surface area contributed by atoms with Crippen molar-refractivity contribution in [2.24, 2.45) is 0 Å². The first-order chi connectivity index (χ1) is 14.5. The lowest BCUT2D eigenvalue weighted by Crippen LogP contribution is -2.11. The molecule has 0 saturated heterocycles. The van der Waals surface area contributed by atoms with Gasteiger partial charge in [0.05, 0.1) is 5.69 Å². The summed E-state index contributed by atoms with van der Waals surface area (Å²) >= 11 is 1.70. The first-order valence-electron chi connectivity index (χ1n) is 10.1. The van der Waals surface area contributed by atoms with Crippen LogP contribution in [0.25, 0.3) is 21.8 Å². The molecule has 4 rings (SSSR count). The van der Waals surface area contributed by atoms with E-state index in [1.54, 1.807) is 11.3 Å². The van der Waals surface area contributed by atoms with E-state index in [-0.39, 0.29) is 5.91 Å². The van der Waals surface area contributed by atoms with Crippen LogP contribution in [-0.2, 0) is 0 Å². The predicted molar refractivity (Wildman–Crippen MR) is 126 cm³/mol. The zero-order chi connectivity index (χ0) is 21.1. The van der Waals surface area contributed by atoms with Gasteiger partial charge in [-0.25, -0.2) is 4.98 Å². The topological polar surface area (TPSA) is 42.0 Å². The zero-order valence-electron chi connectivity index (χ0n) is 17.3. The number of hydrogen-bond donors (Lipinski definition) is 1. The Morgan fingerprint density at radius 2 is 1.53 bits per heavy atom. The van der Waals surface area contributed by atoms with Gasteiger partial charge in [0.2, 0.25) is 0 Å². The third-order valence-electron chi connectivity index (χ3n) is 5.07. The molecule has 4 aromatic rings. The first kappa shape index (κ1) is 20.0. The quantitative estimate of drug-likeness (QED) is 0.378. The maximum Gasteiger partial charge on any atom is 0.255 e. The van der Waals surface area contributed by atoms with Crippen molar-refractivity contribution in [2.45, 2.75) is 26.7 Å². The molecule has 0 saturated carbocycles. The van der Waals surface area contributed by atoms with Crippen molar-refractivity contribution in [2.75, 3.05) is 5.32 Å². The number of thiazole rings is 1. The molecule has 0 radical (unpaired) electrons. The Balaban J connectivity index is 1.49. The summed E-state index contributed by atoms with van der Waals surface area (Å²) in [5.41, 5.74) is 5.82. The van der Waals surface area contributed by atoms with Crippen LogP contribution in [0, 0.1) is 6.92 Å². The van der Waals surface area contributed by atoms with E-state index in [0.717, 1.165) is 27.5 Å². The Morgan fingerprint density at radius 1 is 0.867 bits per heavy atom. The van der Waals surface area contributed by atoms with Crippen LogP contribution < -0.4 is 5.32 Å². The lowest BCUT2D eigenvalue weighted by atomic mass is 10.0. The predicted octanol–water partition coefficient (Wildman–Crippen LogP) is 7.16. The Hall–Kier alpha value is -3.24. The van der Waals surface area contributed by atoms with Crippen molar-refractivity contribution >= 4 is 22.9 Å². The molecule has 4 heteroatoms. The normalized spacial score (nSPS) is 10.9. The van der Waals surface area contributed by atoms with Gasteiger partial charge in [-0.05, 0) is 42.7 Å². The molecule has 1 N–H and O–H groups in total. The first-order valence-corrected chi connectivity index (χ1v) is 10.9. The lowest BCUT2D eigenvalue weighted by Gasteiger charge is -2.08. The summed E-state index contributed by atoms with van der Waals surface area (Å²) in [5, 5.41) is 3.99. The third kappa shape index (κ3) is 4.34. The molecule has 150 valence electrons. The van der Waals surface area contributed by atoms with E-state index >= 15 is 0 Å². The van der Waals surface area contributed by atoms with Gasteiger partial charge in [-0.2, -0.15) is 0 Å². The lowest BCUT2D eigenvalue weighted by molar-refractivity contribution is 0.102. The second kappa shape index (κ2) is 8.64. The molecule has 0 atom stereocenters. The van der Waals surface area contributed by atoms with Crippen molar-refractivity contribution in [1.82, 2.24) is 4.98 Å². The minimum Gasteiger partial charge on any atom is -0.322 e. The third-order valence-corrected chi connectivity index (χ3v) is 6.09. The number of aryl methyl sites for hydroxylation is 1. The van der Waals surface area contributed by atoms with Gasteiger partial charge in [-0.1, -0.05) is 68.4 Å². The molecule has 0 bridgehead atoms. The molecule has 30 heavy (non-hydrogen) atoms. The number of anilines is 1. The Kier molecular flexibility index (Phi) is 5.77. The van der Waals surface area contributed by atoms with E-state index in [1.165, 1.54) is 10.4 Å². The zero-order valence-corrected chi connectivity index (χ0v) is 18.2. The van der Waals surface area contributed by atoms with Crippen molar-refractivity contribution in [1.29, 1.82) is 0 Å². The summed E-state index contributed by atoms with van der Waals surface area (Å²) in [6.07, 6.45) is 0. The molecule has 1 heterocycles. The fourth-order valence-corrected chi connectivity index (χ4v) is 4.24. The highest BCUT2D eigenvalue weighted by atomic mass is 32.1. The van der Waals surface area contributed by atoms with E-state index in [0.29, 0.717) is 11.5 Å². The summed E-state index contributed by atoms with van der Waals surface area (Å²) in [4.78, 5) is 18.6. The standard InChI is InChI=1S/C26H24N2OS/c1-17(2)19-9-11-21(12-10-19)25(29)27-23-15-13-20(14-16-23)24-18(3)30-26(28-24)22-7-5-4-6-8-22/h4-17H,1-3H3,(H,27,29). The summed E-state index contributed by atoms with van der Waals surface area (Å²) < 4.78 is 0. The number of nitrogens with zero attached hydrogens (tertiary/aromatic N) is 1. The highest BCUT2D eigenvalue weighted by Gasteiger charge is 2.12. The maximum atomic E-state index is 12.5. The number of rotatable bonds is 5. The van der Waals surface area contributed by atoms with Crippen LogP contribution in [0.1, 0.15) is 40.6 Å². The molecule has 0 aliphatic rings. The van der Waals surface area contributed by atoms with E-state index in [2.05, 4.69) is 38.2 Å². The SMILES string of the molecule is Cc1sc(-c2ccccc2)nc1-c1ccc(NC(=O)c2ccc(C(C)C)cc2)cc1.